The molecule has 1 rings (SSSR count). The molecule has 6 nitrogen and oxygen atoms in total. The van der Waals surface area contributed by atoms with E-state index in [1.807, 2.05) is 0 Å². The molecule has 3 N–H and O–H groups in total. The molecular formula is C17H33NO5. The van der Waals surface area contributed by atoms with Gasteiger partial charge in [0.05, 0.1) is 25.4 Å². The fourth-order valence-corrected chi connectivity index (χ4v) is 3.32. The third-order valence-corrected chi connectivity index (χ3v) is 4.61. The molecule has 0 aromatic heterocycles. The van der Waals surface area contributed by atoms with Crippen LogP contribution in [0.3, 0.4) is 0 Å². The van der Waals surface area contributed by atoms with Gasteiger partial charge in [0, 0.05) is 32.6 Å². The first kappa shape index (κ1) is 20.4. The van der Waals surface area contributed by atoms with Gasteiger partial charge < -0.3 is 25.0 Å². The maximum Gasteiger partial charge on any atom is 0.217 e. The summed E-state index contributed by atoms with van der Waals surface area (Å²) in [7, 11) is 1.62. The predicted octanol–water partition coefficient (Wildman–Crippen LogP) is 1.09. The molecule has 1 fully saturated rings. The normalized spacial score (nSPS) is 34.2. The summed E-state index contributed by atoms with van der Waals surface area (Å²) < 4.78 is 11.2. The van der Waals surface area contributed by atoms with Crippen molar-refractivity contribution in [2.45, 2.75) is 64.2 Å². The summed E-state index contributed by atoms with van der Waals surface area (Å²) in [6.45, 7) is 4.61. The molecular weight excluding hydrogens is 298 g/mol. The van der Waals surface area contributed by atoms with Crippen LogP contribution in [0.2, 0.25) is 0 Å². The van der Waals surface area contributed by atoms with Crippen molar-refractivity contribution >= 4 is 5.91 Å². The summed E-state index contributed by atoms with van der Waals surface area (Å²) >= 11 is 0. The zero-order valence-electron chi connectivity index (χ0n) is 14.7. The summed E-state index contributed by atoms with van der Waals surface area (Å²) in [4.78, 5) is 11.4. The number of hydrogen-bond donors (Lipinski definition) is 3. The molecule has 0 saturated carbocycles. The third kappa shape index (κ3) is 8.11. The summed E-state index contributed by atoms with van der Waals surface area (Å²) in [5, 5.41) is 22.8. The van der Waals surface area contributed by atoms with Gasteiger partial charge in [0.2, 0.25) is 5.91 Å². The van der Waals surface area contributed by atoms with E-state index in [-0.39, 0.29) is 30.6 Å². The van der Waals surface area contributed by atoms with Crippen LogP contribution in [0.15, 0.2) is 0 Å². The zero-order chi connectivity index (χ0) is 17.2. The number of aliphatic hydroxyl groups excluding tert-OH is 2. The van der Waals surface area contributed by atoms with E-state index < -0.39 is 6.10 Å². The number of ether oxygens (including phenoxy) is 2. The minimum Gasteiger partial charge on any atom is -0.396 e. The van der Waals surface area contributed by atoms with E-state index in [0.717, 1.165) is 12.8 Å². The lowest BCUT2D eigenvalue weighted by molar-refractivity contribution is -0.120. The van der Waals surface area contributed by atoms with Crippen molar-refractivity contribution in [3.05, 3.63) is 0 Å². The van der Waals surface area contributed by atoms with Crippen molar-refractivity contribution in [2.75, 3.05) is 26.9 Å². The second-order valence-electron chi connectivity index (χ2n) is 6.71. The second-order valence-corrected chi connectivity index (χ2v) is 6.71. The van der Waals surface area contributed by atoms with Crippen LogP contribution in [-0.4, -0.2) is 61.3 Å². The van der Waals surface area contributed by atoms with E-state index in [9.17, 15) is 15.0 Å². The Morgan fingerprint density at radius 3 is 2.52 bits per heavy atom. The van der Waals surface area contributed by atoms with E-state index in [1.54, 1.807) is 7.11 Å². The van der Waals surface area contributed by atoms with Gasteiger partial charge in [-0.15, -0.1) is 0 Å². The molecule has 5 unspecified atom stereocenters. The van der Waals surface area contributed by atoms with Crippen LogP contribution in [0.4, 0.5) is 0 Å². The van der Waals surface area contributed by atoms with Gasteiger partial charge >= 0.3 is 0 Å². The van der Waals surface area contributed by atoms with Gasteiger partial charge in [-0.25, -0.2) is 0 Å². The lowest BCUT2D eigenvalue weighted by Gasteiger charge is -2.29. The highest BCUT2D eigenvalue weighted by Gasteiger charge is 2.25. The molecule has 1 saturated heterocycles. The first-order chi connectivity index (χ1) is 11.0. The predicted molar refractivity (Wildman–Crippen MR) is 88.1 cm³/mol. The number of nitrogens with one attached hydrogen (secondary N) is 1. The highest BCUT2D eigenvalue weighted by atomic mass is 16.5. The van der Waals surface area contributed by atoms with Gasteiger partial charge in [-0.3, -0.25) is 4.79 Å². The standard InChI is InChI=1S/C17H33NO5/c1-4-13-5-14(9-19)10-23-11-17(22-3)8-15(18-12(2)20)7-16(21)6-13/h13-17,19,21H,4-11H2,1-3H3,(H,18,20). The van der Waals surface area contributed by atoms with Crippen molar-refractivity contribution in [3.8, 4) is 0 Å². The van der Waals surface area contributed by atoms with E-state index >= 15 is 0 Å². The van der Waals surface area contributed by atoms with Gasteiger partial charge in [0.25, 0.3) is 0 Å². The van der Waals surface area contributed by atoms with Gasteiger partial charge in [-0.1, -0.05) is 13.3 Å². The summed E-state index contributed by atoms with van der Waals surface area (Å²) in [5.41, 5.74) is 0. The molecule has 0 aliphatic carbocycles. The quantitative estimate of drug-likeness (QED) is 0.718. The Balaban J connectivity index is 2.78. The van der Waals surface area contributed by atoms with E-state index in [0.29, 0.717) is 38.4 Å². The molecule has 1 aliphatic rings. The Bertz CT molecular complexity index is 339. The lowest BCUT2D eigenvalue weighted by Crippen LogP contribution is -2.40. The highest BCUT2D eigenvalue weighted by molar-refractivity contribution is 5.73. The molecule has 0 aromatic rings. The number of hydrogen-bond acceptors (Lipinski definition) is 5. The minimum absolute atomic E-state index is 0.0928. The molecule has 1 aliphatic heterocycles. The largest absolute Gasteiger partial charge is 0.396 e. The smallest absolute Gasteiger partial charge is 0.217 e. The van der Waals surface area contributed by atoms with E-state index in [4.69, 9.17) is 9.47 Å². The van der Waals surface area contributed by atoms with Crippen molar-refractivity contribution in [2.24, 2.45) is 11.8 Å². The molecule has 23 heavy (non-hydrogen) atoms. The van der Waals surface area contributed by atoms with Crippen LogP contribution in [0.25, 0.3) is 0 Å². The molecule has 6 heteroatoms. The monoisotopic (exact) mass is 331 g/mol. The summed E-state index contributed by atoms with van der Waals surface area (Å²) in [6.07, 6.45) is 2.99. The van der Waals surface area contributed by atoms with Gasteiger partial charge in [0.1, 0.15) is 0 Å². The van der Waals surface area contributed by atoms with E-state index in [2.05, 4.69) is 12.2 Å². The number of amides is 1. The number of carbonyl (C=O) groups excluding carboxylic acids is 1. The third-order valence-electron chi connectivity index (χ3n) is 4.61. The summed E-state index contributed by atoms with van der Waals surface area (Å²) in [6, 6.07) is -0.123. The van der Waals surface area contributed by atoms with Crippen LogP contribution in [0.5, 0.6) is 0 Å². The number of carbonyl (C=O) groups is 1. The number of rotatable bonds is 4. The highest BCUT2D eigenvalue weighted by Crippen LogP contribution is 2.24. The molecule has 1 heterocycles. The Labute approximate surface area is 139 Å². The molecule has 0 aromatic carbocycles. The first-order valence-corrected chi connectivity index (χ1v) is 8.64. The van der Waals surface area contributed by atoms with Crippen molar-refractivity contribution < 1.29 is 24.5 Å². The second kappa shape index (κ2) is 11.0. The molecule has 136 valence electrons. The average molecular weight is 331 g/mol. The fourth-order valence-electron chi connectivity index (χ4n) is 3.32. The Kier molecular flexibility index (Phi) is 9.71. The first-order valence-electron chi connectivity index (χ1n) is 8.64. The summed E-state index contributed by atoms with van der Waals surface area (Å²) in [5.74, 6) is 0.342. The van der Waals surface area contributed by atoms with Gasteiger partial charge in [-0.2, -0.15) is 0 Å². The molecule has 5 atom stereocenters. The lowest BCUT2D eigenvalue weighted by atomic mass is 9.86. The minimum atomic E-state index is -0.464. The zero-order valence-corrected chi connectivity index (χ0v) is 14.7. The Morgan fingerprint density at radius 2 is 1.96 bits per heavy atom. The maximum absolute atomic E-state index is 11.4. The maximum atomic E-state index is 11.4. The van der Waals surface area contributed by atoms with Crippen molar-refractivity contribution in [1.29, 1.82) is 0 Å². The molecule has 0 bridgehead atoms. The van der Waals surface area contributed by atoms with Crippen molar-refractivity contribution in [1.82, 2.24) is 5.32 Å². The van der Waals surface area contributed by atoms with Gasteiger partial charge in [-0.05, 0) is 31.6 Å². The van der Waals surface area contributed by atoms with Crippen LogP contribution >= 0.6 is 0 Å². The Morgan fingerprint density at radius 1 is 1.22 bits per heavy atom. The molecule has 1 amide bonds. The van der Waals surface area contributed by atoms with Crippen LogP contribution in [0.1, 0.15) is 46.0 Å². The number of methoxy groups -OCH3 is 1. The van der Waals surface area contributed by atoms with Crippen LogP contribution in [-0.2, 0) is 14.3 Å². The topological polar surface area (TPSA) is 88.0 Å². The fraction of sp³-hybridized carbons (Fsp3) is 0.941. The van der Waals surface area contributed by atoms with Crippen LogP contribution < -0.4 is 5.32 Å². The Hall–Kier alpha value is -0.690. The number of aliphatic hydroxyl groups is 2. The van der Waals surface area contributed by atoms with Crippen LogP contribution in [0, 0.1) is 11.8 Å². The van der Waals surface area contributed by atoms with Crippen molar-refractivity contribution in [3.63, 3.8) is 0 Å². The molecule has 0 radical (unpaired) electrons. The average Bonchev–Trinajstić information content (AvgIpc) is 2.49. The SMILES string of the molecule is CCC1CC(O)CC(NC(C)=O)CC(OC)COCC(CO)C1. The van der Waals surface area contributed by atoms with E-state index in [1.165, 1.54) is 6.92 Å². The molecule has 0 spiro atoms. The van der Waals surface area contributed by atoms with Gasteiger partial charge in [0.15, 0.2) is 0 Å².